The van der Waals surface area contributed by atoms with Gasteiger partial charge in [-0.3, -0.25) is 0 Å². The van der Waals surface area contributed by atoms with Crippen molar-refractivity contribution in [2.45, 2.75) is 32.8 Å². The van der Waals surface area contributed by atoms with Crippen molar-refractivity contribution >= 4 is 17.0 Å². The van der Waals surface area contributed by atoms with Crippen LogP contribution >= 0.6 is 11.6 Å². The van der Waals surface area contributed by atoms with E-state index in [9.17, 15) is 4.79 Å². The molecule has 0 aliphatic carbocycles. The summed E-state index contributed by atoms with van der Waals surface area (Å²) in [6.45, 7) is 3.85. The van der Waals surface area contributed by atoms with Crippen LogP contribution in [-0.2, 0) is 4.74 Å². The molecule has 0 radical (unpaired) electrons. The van der Waals surface area contributed by atoms with E-state index < -0.39 is 5.43 Å². The smallest absolute Gasteiger partial charge is 0.404 e. The zero-order valence-electron chi connectivity index (χ0n) is 5.69. The second-order valence-electron chi connectivity index (χ2n) is 1.95. The molecule has 0 saturated carbocycles. The summed E-state index contributed by atoms with van der Waals surface area (Å²) in [5.74, 6) is 0. The Labute approximate surface area is 60.1 Å². The second-order valence-corrected chi connectivity index (χ2v) is 2.26. The third kappa shape index (κ3) is 5.63. The molecule has 0 rings (SSSR count). The fourth-order valence-corrected chi connectivity index (χ4v) is 0.776. The Morgan fingerprint density at radius 2 is 2.33 bits per heavy atom. The van der Waals surface area contributed by atoms with Gasteiger partial charge >= 0.3 is 5.43 Å². The lowest BCUT2D eigenvalue weighted by molar-refractivity contribution is 0.126. The fraction of sp³-hybridized carbons (Fsp3) is 0.833. The summed E-state index contributed by atoms with van der Waals surface area (Å²) in [6, 6.07) is 0. The maximum absolute atomic E-state index is 10.1. The molecule has 0 saturated heterocycles. The van der Waals surface area contributed by atoms with E-state index >= 15 is 0 Å². The summed E-state index contributed by atoms with van der Waals surface area (Å²) in [6.07, 6.45) is 1.84. The Morgan fingerprint density at radius 1 is 1.78 bits per heavy atom. The molecule has 2 nitrogen and oxygen atoms in total. The maximum atomic E-state index is 10.1. The first-order valence-corrected chi connectivity index (χ1v) is 3.40. The molecule has 0 aliphatic heterocycles. The van der Waals surface area contributed by atoms with E-state index in [1.54, 1.807) is 0 Å². The van der Waals surface area contributed by atoms with E-state index in [1.807, 2.05) is 13.8 Å². The first-order valence-electron chi connectivity index (χ1n) is 3.03. The normalized spacial score (nSPS) is 12.8. The Morgan fingerprint density at radius 3 is 2.67 bits per heavy atom. The molecule has 0 aromatic heterocycles. The highest BCUT2D eigenvalue weighted by Gasteiger charge is 2.03. The molecular formula is C6H11ClO2. The van der Waals surface area contributed by atoms with Crippen molar-refractivity contribution in [1.82, 2.24) is 0 Å². The summed E-state index contributed by atoms with van der Waals surface area (Å²) >= 11 is 4.95. The third-order valence-electron chi connectivity index (χ3n) is 0.989. The number of hydrogen-bond donors (Lipinski definition) is 0. The van der Waals surface area contributed by atoms with E-state index in [0.29, 0.717) is 0 Å². The maximum Gasteiger partial charge on any atom is 0.404 e. The molecule has 0 amide bonds. The molecule has 0 spiro atoms. The largest absolute Gasteiger partial charge is 0.451 e. The fourth-order valence-electron chi connectivity index (χ4n) is 0.624. The number of rotatable bonds is 3. The summed E-state index contributed by atoms with van der Waals surface area (Å²) in [7, 11) is 0. The average molecular weight is 151 g/mol. The van der Waals surface area contributed by atoms with Crippen LogP contribution in [0.15, 0.2) is 0 Å². The van der Waals surface area contributed by atoms with Crippen LogP contribution < -0.4 is 0 Å². The van der Waals surface area contributed by atoms with Gasteiger partial charge in [-0.25, -0.2) is 4.79 Å². The second kappa shape index (κ2) is 4.62. The van der Waals surface area contributed by atoms with Crippen molar-refractivity contribution in [3.63, 3.8) is 0 Å². The first-order chi connectivity index (χ1) is 4.16. The predicted molar refractivity (Wildman–Crippen MR) is 36.7 cm³/mol. The van der Waals surface area contributed by atoms with Crippen LogP contribution in [0.3, 0.4) is 0 Å². The van der Waals surface area contributed by atoms with Crippen molar-refractivity contribution in [3.8, 4) is 0 Å². The lowest BCUT2D eigenvalue weighted by Gasteiger charge is -2.07. The number of halogens is 1. The van der Waals surface area contributed by atoms with Gasteiger partial charge in [-0.1, -0.05) is 13.3 Å². The van der Waals surface area contributed by atoms with Crippen LogP contribution in [0.4, 0.5) is 4.79 Å². The number of hydrogen-bond acceptors (Lipinski definition) is 2. The van der Waals surface area contributed by atoms with E-state index in [-0.39, 0.29) is 6.10 Å². The van der Waals surface area contributed by atoms with Crippen LogP contribution in [0.1, 0.15) is 26.7 Å². The monoisotopic (exact) mass is 150 g/mol. The molecule has 0 bridgehead atoms. The van der Waals surface area contributed by atoms with Crippen molar-refractivity contribution in [1.29, 1.82) is 0 Å². The van der Waals surface area contributed by atoms with Gasteiger partial charge in [-0.05, 0) is 13.3 Å². The minimum atomic E-state index is -0.712. The topological polar surface area (TPSA) is 26.3 Å². The summed E-state index contributed by atoms with van der Waals surface area (Å²) < 4.78 is 4.62. The van der Waals surface area contributed by atoms with Crippen LogP contribution in [-0.4, -0.2) is 11.5 Å². The molecule has 0 aliphatic rings. The van der Waals surface area contributed by atoms with Gasteiger partial charge < -0.3 is 4.74 Å². The molecule has 0 unspecified atom stereocenters. The summed E-state index contributed by atoms with van der Waals surface area (Å²) in [4.78, 5) is 10.1. The molecule has 0 aromatic rings. The standard InChI is InChI=1S/C6H11ClO2/c1-3-4-5(2)9-6(7)8/h5H,3-4H2,1-2H3/t5-/m0/s1. The van der Waals surface area contributed by atoms with Gasteiger partial charge in [-0.15, -0.1) is 0 Å². The van der Waals surface area contributed by atoms with Gasteiger partial charge in [0.05, 0.1) is 0 Å². The quantitative estimate of drug-likeness (QED) is 0.578. The van der Waals surface area contributed by atoms with Crippen LogP contribution in [0.25, 0.3) is 0 Å². The summed E-state index contributed by atoms with van der Waals surface area (Å²) in [5, 5.41) is 0. The predicted octanol–water partition coefficient (Wildman–Crippen LogP) is 2.55. The molecule has 3 heteroatoms. The lowest BCUT2D eigenvalue weighted by atomic mass is 10.2. The van der Waals surface area contributed by atoms with E-state index in [4.69, 9.17) is 11.6 Å². The van der Waals surface area contributed by atoms with Crippen molar-refractivity contribution < 1.29 is 9.53 Å². The van der Waals surface area contributed by atoms with E-state index in [2.05, 4.69) is 4.74 Å². The van der Waals surface area contributed by atoms with Crippen LogP contribution in [0.5, 0.6) is 0 Å². The van der Waals surface area contributed by atoms with Gasteiger partial charge in [0.2, 0.25) is 0 Å². The average Bonchev–Trinajstić information content (AvgIpc) is 1.63. The van der Waals surface area contributed by atoms with Gasteiger partial charge in [0, 0.05) is 11.6 Å². The minimum absolute atomic E-state index is 0.0417. The van der Waals surface area contributed by atoms with Crippen molar-refractivity contribution in [2.75, 3.05) is 0 Å². The zero-order valence-corrected chi connectivity index (χ0v) is 6.44. The SMILES string of the molecule is CCC[C@H](C)OC(=O)Cl. The number of ether oxygens (including phenoxy) is 1. The minimum Gasteiger partial charge on any atom is -0.451 e. The van der Waals surface area contributed by atoms with Gasteiger partial charge in [-0.2, -0.15) is 0 Å². The van der Waals surface area contributed by atoms with Crippen LogP contribution in [0.2, 0.25) is 0 Å². The molecule has 1 atom stereocenters. The highest BCUT2D eigenvalue weighted by Crippen LogP contribution is 2.02. The van der Waals surface area contributed by atoms with Gasteiger partial charge in [0.15, 0.2) is 0 Å². The van der Waals surface area contributed by atoms with E-state index in [1.165, 1.54) is 0 Å². The Balaban J connectivity index is 3.26. The van der Waals surface area contributed by atoms with Crippen molar-refractivity contribution in [3.05, 3.63) is 0 Å². The van der Waals surface area contributed by atoms with Gasteiger partial charge in [0.25, 0.3) is 0 Å². The van der Waals surface area contributed by atoms with Crippen molar-refractivity contribution in [2.24, 2.45) is 0 Å². The number of carbonyl (C=O) groups excluding carboxylic acids is 1. The number of carbonyl (C=O) groups is 1. The highest BCUT2D eigenvalue weighted by molar-refractivity contribution is 6.61. The van der Waals surface area contributed by atoms with Crippen LogP contribution in [0, 0.1) is 0 Å². The third-order valence-corrected chi connectivity index (χ3v) is 1.08. The zero-order chi connectivity index (χ0) is 7.28. The Bertz CT molecular complexity index is 93.1. The van der Waals surface area contributed by atoms with E-state index in [0.717, 1.165) is 12.8 Å². The molecule has 54 valence electrons. The molecule has 9 heavy (non-hydrogen) atoms. The Kier molecular flexibility index (Phi) is 4.50. The molecule has 0 N–H and O–H groups in total. The molecule has 0 fully saturated rings. The summed E-state index contributed by atoms with van der Waals surface area (Å²) in [5.41, 5.74) is -0.712. The Hall–Kier alpha value is -0.240. The molecular weight excluding hydrogens is 140 g/mol. The first kappa shape index (κ1) is 8.76. The van der Waals surface area contributed by atoms with Gasteiger partial charge in [0.1, 0.15) is 6.10 Å². The molecule has 0 heterocycles. The highest BCUT2D eigenvalue weighted by atomic mass is 35.5. The lowest BCUT2D eigenvalue weighted by Crippen LogP contribution is -2.08. The molecule has 0 aromatic carbocycles.